The summed E-state index contributed by atoms with van der Waals surface area (Å²) in [6, 6.07) is -0.878. The van der Waals surface area contributed by atoms with Gasteiger partial charge in [-0.3, -0.25) is 9.59 Å². The number of nitrogens with two attached hydrogens (primary N) is 1. The monoisotopic (exact) mass is 171 g/mol. The predicted octanol–water partition coefficient (Wildman–Crippen LogP) is 0.158. The maximum absolute atomic E-state index is 11.1. The third-order valence-corrected chi connectivity index (χ3v) is 2.29. The Morgan fingerprint density at radius 1 is 1.75 bits per heavy atom. The molecular weight excluding hydrogens is 158 g/mol. The van der Waals surface area contributed by atoms with Crippen LogP contribution in [0.15, 0.2) is 0 Å². The summed E-state index contributed by atoms with van der Waals surface area (Å²) < 4.78 is 0. The first-order valence-electron chi connectivity index (χ1n) is 4.12. The minimum atomic E-state index is -1.02. The molecule has 0 heterocycles. The Morgan fingerprint density at radius 2 is 2.42 bits per heavy atom. The number of Topliss-reactive ketones (excluding diaryl/α,β-unsaturated/α-hetero) is 1. The molecule has 0 saturated heterocycles. The zero-order chi connectivity index (χ0) is 9.14. The van der Waals surface area contributed by atoms with E-state index in [-0.39, 0.29) is 11.7 Å². The minimum Gasteiger partial charge on any atom is -0.480 e. The van der Waals surface area contributed by atoms with Crippen LogP contribution in [-0.4, -0.2) is 22.9 Å². The molecule has 1 rings (SSSR count). The fourth-order valence-corrected chi connectivity index (χ4v) is 1.54. The zero-order valence-corrected chi connectivity index (χ0v) is 6.82. The molecule has 0 aromatic heterocycles. The highest BCUT2D eigenvalue weighted by molar-refractivity contribution is 5.84. The zero-order valence-electron chi connectivity index (χ0n) is 6.82. The van der Waals surface area contributed by atoms with Crippen LogP contribution in [0.25, 0.3) is 0 Å². The molecule has 2 atom stereocenters. The van der Waals surface area contributed by atoms with Crippen LogP contribution < -0.4 is 5.73 Å². The van der Waals surface area contributed by atoms with E-state index in [1.807, 2.05) is 0 Å². The van der Waals surface area contributed by atoms with Gasteiger partial charge in [-0.25, -0.2) is 0 Å². The van der Waals surface area contributed by atoms with Crippen LogP contribution in [0.4, 0.5) is 0 Å². The average Bonchev–Trinajstić information content (AvgIpc) is 2.36. The van der Waals surface area contributed by atoms with E-state index < -0.39 is 12.0 Å². The number of rotatable bonds is 3. The lowest BCUT2D eigenvalue weighted by Gasteiger charge is -2.10. The number of hydrogen-bond donors (Lipinski definition) is 2. The van der Waals surface area contributed by atoms with Crippen molar-refractivity contribution in [3.63, 3.8) is 0 Å². The third kappa shape index (κ3) is 2.04. The van der Waals surface area contributed by atoms with Gasteiger partial charge in [-0.05, 0) is 19.3 Å². The van der Waals surface area contributed by atoms with E-state index in [0.29, 0.717) is 12.8 Å². The Balaban J connectivity index is 2.40. The molecule has 0 spiro atoms. The van der Waals surface area contributed by atoms with E-state index >= 15 is 0 Å². The van der Waals surface area contributed by atoms with Crippen molar-refractivity contribution in [2.75, 3.05) is 0 Å². The summed E-state index contributed by atoms with van der Waals surface area (Å²) in [7, 11) is 0. The molecule has 0 aliphatic heterocycles. The average molecular weight is 171 g/mol. The van der Waals surface area contributed by atoms with Crippen molar-refractivity contribution in [3.8, 4) is 0 Å². The summed E-state index contributed by atoms with van der Waals surface area (Å²) >= 11 is 0. The Kier molecular flexibility index (Phi) is 2.81. The van der Waals surface area contributed by atoms with Gasteiger partial charge in [0.15, 0.2) is 0 Å². The Hall–Kier alpha value is -0.900. The van der Waals surface area contributed by atoms with Crippen LogP contribution >= 0.6 is 0 Å². The molecule has 4 heteroatoms. The van der Waals surface area contributed by atoms with Gasteiger partial charge < -0.3 is 10.8 Å². The van der Waals surface area contributed by atoms with E-state index in [9.17, 15) is 9.59 Å². The van der Waals surface area contributed by atoms with Crippen molar-refractivity contribution >= 4 is 11.8 Å². The normalized spacial score (nSPS) is 25.8. The van der Waals surface area contributed by atoms with Gasteiger partial charge in [-0.2, -0.15) is 0 Å². The topological polar surface area (TPSA) is 80.4 Å². The summed E-state index contributed by atoms with van der Waals surface area (Å²) in [5.41, 5.74) is 5.31. The van der Waals surface area contributed by atoms with Crippen molar-refractivity contribution in [1.29, 1.82) is 0 Å². The Morgan fingerprint density at radius 3 is 2.83 bits per heavy atom. The van der Waals surface area contributed by atoms with Crippen molar-refractivity contribution < 1.29 is 14.7 Å². The number of aliphatic carboxylic acids is 1. The van der Waals surface area contributed by atoms with Crippen LogP contribution in [0.2, 0.25) is 0 Å². The van der Waals surface area contributed by atoms with Crippen LogP contribution in [-0.2, 0) is 9.59 Å². The molecule has 1 aliphatic carbocycles. The number of carboxylic acid groups (broad SMARTS) is 1. The minimum absolute atomic E-state index is 0.101. The smallest absolute Gasteiger partial charge is 0.320 e. The molecule has 0 unspecified atom stereocenters. The van der Waals surface area contributed by atoms with Crippen LogP contribution in [0, 0.1) is 5.92 Å². The van der Waals surface area contributed by atoms with Crippen LogP contribution in [0.5, 0.6) is 0 Å². The second-order valence-corrected chi connectivity index (χ2v) is 3.24. The van der Waals surface area contributed by atoms with Crippen molar-refractivity contribution in [2.24, 2.45) is 11.7 Å². The molecule has 0 aromatic rings. The summed E-state index contributed by atoms with van der Waals surface area (Å²) in [5, 5.41) is 8.49. The lowest BCUT2D eigenvalue weighted by atomic mass is 9.98. The molecule has 1 aliphatic rings. The van der Waals surface area contributed by atoms with E-state index in [1.165, 1.54) is 0 Å². The van der Waals surface area contributed by atoms with E-state index in [2.05, 4.69) is 0 Å². The number of ketones is 1. The number of carbonyl (C=O) groups is 2. The molecular formula is C8H13NO3. The summed E-state index contributed by atoms with van der Waals surface area (Å²) in [6.45, 7) is 0. The van der Waals surface area contributed by atoms with E-state index in [0.717, 1.165) is 12.8 Å². The SMILES string of the molecule is N[C@@H](C[C@H]1CCCC1=O)C(=O)O. The molecule has 4 nitrogen and oxygen atoms in total. The predicted molar refractivity (Wildman–Crippen MR) is 42.6 cm³/mol. The van der Waals surface area contributed by atoms with Gasteiger partial charge in [0.1, 0.15) is 11.8 Å². The second kappa shape index (κ2) is 3.67. The second-order valence-electron chi connectivity index (χ2n) is 3.24. The highest BCUT2D eigenvalue weighted by Gasteiger charge is 2.28. The molecule has 0 radical (unpaired) electrons. The maximum atomic E-state index is 11.1. The van der Waals surface area contributed by atoms with Gasteiger partial charge >= 0.3 is 5.97 Å². The van der Waals surface area contributed by atoms with Crippen molar-refractivity contribution in [2.45, 2.75) is 31.7 Å². The maximum Gasteiger partial charge on any atom is 0.320 e. The quantitative estimate of drug-likeness (QED) is 0.633. The first kappa shape index (κ1) is 9.19. The van der Waals surface area contributed by atoms with Gasteiger partial charge in [-0.15, -0.1) is 0 Å². The van der Waals surface area contributed by atoms with Gasteiger partial charge in [0.05, 0.1) is 0 Å². The molecule has 68 valence electrons. The molecule has 0 bridgehead atoms. The first-order chi connectivity index (χ1) is 5.61. The molecule has 0 aromatic carbocycles. The fourth-order valence-electron chi connectivity index (χ4n) is 1.54. The van der Waals surface area contributed by atoms with Gasteiger partial charge in [0.25, 0.3) is 0 Å². The lowest BCUT2D eigenvalue weighted by molar-refractivity contribution is -0.139. The molecule has 1 saturated carbocycles. The Bertz CT molecular complexity index is 202. The standard InChI is InChI=1S/C8H13NO3/c9-6(8(11)12)4-5-2-1-3-7(5)10/h5-6H,1-4,9H2,(H,11,12)/t5-,6+/m1/s1. The summed E-state index contributed by atoms with van der Waals surface area (Å²) in [4.78, 5) is 21.4. The molecule has 3 N–H and O–H groups in total. The van der Waals surface area contributed by atoms with Gasteiger partial charge in [-0.1, -0.05) is 0 Å². The number of carbonyl (C=O) groups excluding carboxylic acids is 1. The first-order valence-corrected chi connectivity index (χ1v) is 4.12. The summed E-state index contributed by atoms with van der Waals surface area (Å²) in [5.74, 6) is -0.947. The third-order valence-electron chi connectivity index (χ3n) is 2.29. The number of carboxylic acids is 1. The van der Waals surface area contributed by atoms with Crippen LogP contribution in [0.1, 0.15) is 25.7 Å². The number of hydrogen-bond acceptors (Lipinski definition) is 3. The highest BCUT2D eigenvalue weighted by Crippen LogP contribution is 2.24. The molecule has 12 heavy (non-hydrogen) atoms. The highest BCUT2D eigenvalue weighted by atomic mass is 16.4. The lowest BCUT2D eigenvalue weighted by Crippen LogP contribution is -2.33. The van der Waals surface area contributed by atoms with Gasteiger partial charge in [0, 0.05) is 12.3 Å². The van der Waals surface area contributed by atoms with E-state index in [1.54, 1.807) is 0 Å². The summed E-state index contributed by atoms with van der Waals surface area (Å²) in [6.07, 6.45) is 2.58. The molecule has 1 fully saturated rings. The largest absolute Gasteiger partial charge is 0.480 e. The van der Waals surface area contributed by atoms with Crippen molar-refractivity contribution in [1.82, 2.24) is 0 Å². The van der Waals surface area contributed by atoms with Gasteiger partial charge in [0.2, 0.25) is 0 Å². The van der Waals surface area contributed by atoms with Crippen LogP contribution in [0.3, 0.4) is 0 Å². The van der Waals surface area contributed by atoms with Crippen molar-refractivity contribution in [3.05, 3.63) is 0 Å². The fraction of sp³-hybridized carbons (Fsp3) is 0.750. The van der Waals surface area contributed by atoms with E-state index in [4.69, 9.17) is 10.8 Å². The molecule has 0 amide bonds. The Labute approximate surface area is 70.7 Å².